The van der Waals surface area contributed by atoms with E-state index in [9.17, 15) is 13.8 Å². The minimum atomic E-state index is -0.983. The van der Waals surface area contributed by atoms with Gasteiger partial charge < -0.3 is 4.57 Å². The molecule has 1 aromatic carbocycles. The van der Waals surface area contributed by atoms with Crippen molar-refractivity contribution in [3.8, 4) is 0 Å². The van der Waals surface area contributed by atoms with Crippen LogP contribution in [0.2, 0.25) is 0 Å². The fourth-order valence-electron chi connectivity index (χ4n) is 2.04. The number of aromatic nitrogens is 1. The number of halogens is 1. The number of hydrazine groups is 1. The van der Waals surface area contributed by atoms with Gasteiger partial charge in [-0.1, -0.05) is 12.1 Å². The van der Waals surface area contributed by atoms with Crippen LogP contribution in [0.1, 0.15) is 26.4 Å². The van der Waals surface area contributed by atoms with E-state index in [0.717, 1.165) is 10.0 Å². The first-order valence-electron chi connectivity index (χ1n) is 6.68. The maximum Gasteiger partial charge on any atom is 0.286 e. The van der Waals surface area contributed by atoms with Crippen LogP contribution in [-0.4, -0.2) is 26.8 Å². The zero-order chi connectivity index (χ0) is 17.0. The second kappa shape index (κ2) is 7.56. The number of benzene rings is 1. The number of hydrogen-bond donors (Lipinski definition) is 2. The molecule has 23 heavy (non-hydrogen) atoms. The first-order chi connectivity index (χ1) is 10.9. The summed E-state index contributed by atoms with van der Waals surface area (Å²) in [7, 11) is 0.749. The van der Waals surface area contributed by atoms with E-state index in [1.165, 1.54) is 0 Å². The van der Waals surface area contributed by atoms with Crippen molar-refractivity contribution < 1.29 is 13.8 Å². The smallest absolute Gasteiger partial charge is 0.286 e. The average Bonchev–Trinajstić information content (AvgIpc) is 2.83. The second-order valence-electron chi connectivity index (χ2n) is 4.98. The molecule has 6 nitrogen and oxygen atoms in total. The molecule has 0 fully saturated rings. The molecule has 0 spiro atoms. The molecule has 0 saturated heterocycles. The van der Waals surface area contributed by atoms with Crippen LogP contribution < -0.4 is 10.9 Å². The molecule has 8 heteroatoms. The maximum absolute atomic E-state index is 12.1. The molecule has 1 atom stereocenters. The van der Waals surface area contributed by atoms with E-state index < -0.39 is 22.6 Å². The van der Waals surface area contributed by atoms with Crippen molar-refractivity contribution in [2.45, 2.75) is 5.75 Å². The molecule has 1 heterocycles. The van der Waals surface area contributed by atoms with Gasteiger partial charge in [0.2, 0.25) is 0 Å². The summed E-state index contributed by atoms with van der Waals surface area (Å²) in [6, 6.07) is 8.45. The number of hydrogen-bond acceptors (Lipinski definition) is 3. The van der Waals surface area contributed by atoms with Crippen LogP contribution >= 0.6 is 15.9 Å². The predicted molar refractivity (Wildman–Crippen MR) is 92.3 cm³/mol. The number of rotatable bonds is 4. The summed E-state index contributed by atoms with van der Waals surface area (Å²) in [5, 5.41) is 0. The summed E-state index contributed by atoms with van der Waals surface area (Å²) in [5.41, 5.74) is 6.34. The summed E-state index contributed by atoms with van der Waals surface area (Å²) < 4.78 is 13.7. The minimum Gasteiger partial charge on any atom is -0.345 e. The Bertz CT molecular complexity index is 773. The normalized spacial score (nSPS) is 11.8. The van der Waals surface area contributed by atoms with Crippen LogP contribution in [0.5, 0.6) is 0 Å². The summed E-state index contributed by atoms with van der Waals surface area (Å²) in [5.74, 6) is -0.474. The van der Waals surface area contributed by atoms with Crippen molar-refractivity contribution in [1.29, 1.82) is 0 Å². The van der Waals surface area contributed by atoms with Crippen LogP contribution in [0.3, 0.4) is 0 Å². The van der Waals surface area contributed by atoms with Crippen molar-refractivity contribution in [1.82, 2.24) is 15.4 Å². The molecule has 0 saturated carbocycles. The Morgan fingerprint density at radius 3 is 2.52 bits per heavy atom. The van der Waals surface area contributed by atoms with E-state index in [0.29, 0.717) is 17.0 Å². The first kappa shape index (κ1) is 17.4. The highest BCUT2D eigenvalue weighted by molar-refractivity contribution is 9.10. The van der Waals surface area contributed by atoms with Gasteiger partial charge in [0.05, 0.1) is 0 Å². The average molecular weight is 398 g/mol. The molecular formula is C15H16BrN3O3S. The number of carbonyl (C=O) groups is 2. The zero-order valence-corrected chi connectivity index (χ0v) is 15.0. The number of aryl methyl sites for hydroxylation is 1. The maximum atomic E-state index is 12.1. The molecule has 2 aromatic rings. The van der Waals surface area contributed by atoms with E-state index in [-0.39, 0.29) is 0 Å². The quantitative estimate of drug-likeness (QED) is 0.771. The van der Waals surface area contributed by atoms with Gasteiger partial charge in [0.25, 0.3) is 11.8 Å². The Morgan fingerprint density at radius 2 is 1.91 bits per heavy atom. The van der Waals surface area contributed by atoms with Gasteiger partial charge in [0.15, 0.2) is 0 Å². The lowest BCUT2D eigenvalue weighted by atomic mass is 10.1. The van der Waals surface area contributed by atoms with E-state index in [4.69, 9.17) is 0 Å². The van der Waals surface area contributed by atoms with Gasteiger partial charge in [-0.05, 0) is 39.7 Å². The number of amides is 2. The fourth-order valence-corrected chi connectivity index (χ4v) is 3.21. The van der Waals surface area contributed by atoms with Gasteiger partial charge in [-0.15, -0.1) is 0 Å². The lowest BCUT2D eigenvalue weighted by Crippen LogP contribution is -2.42. The lowest BCUT2D eigenvalue weighted by Gasteiger charge is -2.08. The van der Waals surface area contributed by atoms with Gasteiger partial charge >= 0.3 is 0 Å². The molecule has 1 aromatic heterocycles. The monoisotopic (exact) mass is 397 g/mol. The summed E-state index contributed by atoms with van der Waals surface area (Å²) in [6.45, 7) is 0. The van der Waals surface area contributed by atoms with Crippen LogP contribution in [0.25, 0.3) is 0 Å². The molecular weight excluding hydrogens is 382 g/mol. The molecule has 122 valence electrons. The molecule has 0 aliphatic carbocycles. The van der Waals surface area contributed by atoms with E-state index >= 15 is 0 Å². The zero-order valence-electron chi connectivity index (χ0n) is 12.6. The molecule has 2 N–H and O–H groups in total. The standard InChI is InChI=1S/C15H16BrN3O3S/c1-19-8-12(16)7-13(19)15(21)18-17-14(20)11-5-3-4-10(6-11)9-23(2)22/h3-8H,9H2,1-2H3,(H,17,20)(H,18,21)/t23-/m1/s1. The molecule has 2 rings (SSSR count). The second-order valence-corrected chi connectivity index (χ2v) is 7.33. The molecule has 0 aliphatic heterocycles. The lowest BCUT2D eigenvalue weighted by molar-refractivity contribution is 0.0842. The molecule has 0 aliphatic rings. The molecule has 0 radical (unpaired) electrons. The highest BCUT2D eigenvalue weighted by Crippen LogP contribution is 2.13. The summed E-state index contributed by atoms with van der Waals surface area (Å²) in [4.78, 5) is 24.1. The van der Waals surface area contributed by atoms with E-state index in [1.54, 1.807) is 54.4 Å². The van der Waals surface area contributed by atoms with Gasteiger partial charge in [-0.25, -0.2) is 0 Å². The Hall–Kier alpha value is -1.93. The number of nitrogens with one attached hydrogen (secondary N) is 2. The largest absolute Gasteiger partial charge is 0.345 e. The van der Waals surface area contributed by atoms with Crippen LogP contribution in [0.4, 0.5) is 0 Å². The third-order valence-corrected chi connectivity index (χ3v) is 4.23. The van der Waals surface area contributed by atoms with Crippen molar-refractivity contribution >= 4 is 38.5 Å². The molecule has 0 bridgehead atoms. The van der Waals surface area contributed by atoms with E-state index in [2.05, 4.69) is 26.8 Å². The van der Waals surface area contributed by atoms with Crippen LogP contribution in [0.15, 0.2) is 41.0 Å². The Balaban J connectivity index is 2.01. The third-order valence-electron chi connectivity index (χ3n) is 3.05. The van der Waals surface area contributed by atoms with Gasteiger partial charge in [-0.3, -0.25) is 24.6 Å². The predicted octanol–water partition coefficient (Wildman–Crippen LogP) is 1.74. The Labute approximate surface area is 144 Å². The fraction of sp³-hybridized carbons (Fsp3) is 0.200. The van der Waals surface area contributed by atoms with Crippen LogP contribution in [-0.2, 0) is 23.6 Å². The van der Waals surface area contributed by atoms with Crippen molar-refractivity contribution in [3.63, 3.8) is 0 Å². The Morgan fingerprint density at radius 1 is 1.22 bits per heavy atom. The van der Waals surface area contributed by atoms with Crippen molar-refractivity contribution in [3.05, 3.63) is 57.8 Å². The highest BCUT2D eigenvalue weighted by atomic mass is 79.9. The van der Waals surface area contributed by atoms with E-state index in [1.807, 2.05) is 0 Å². The molecule has 0 unspecified atom stereocenters. The van der Waals surface area contributed by atoms with Gasteiger partial charge in [-0.2, -0.15) is 0 Å². The minimum absolute atomic E-state index is 0.380. The summed E-state index contributed by atoms with van der Waals surface area (Å²) >= 11 is 3.28. The number of nitrogens with zero attached hydrogens (tertiary/aromatic N) is 1. The van der Waals surface area contributed by atoms with Crippen molar-refractivity contribution in [2.24, 2.45) is 7.05 Å². The number of carbonyl (C=O) groups excluding carboxylic acids is 2. The van der Waals surface area contributed by atoms with Crippen LogP contribution in [0, 0.1) is 0 Å². The molecule has 2 amide bonds. The van der Waals surface area contributed by atoms with Gasteiger partial charge in [0, 0.05) is 46.1 Å². The first-order valence-corrected chi connectivity index (χ1v) is 9.20. The van der Waals surface area contributed by atoms with Gasteiger partial charge in [0.1, 0.15) is 5.69 Å². The highest BCUT2D eigenvalue weighted by Gasteiger charge is 2.13. The third kappa shape index (κ3) is 4.77. The Kier molecular flexibility index (Phi) is 5.73. The topological polar surface area (TPSA) is 80.2 Å². The van der Waals surface area contributed by atoms with Crippen molar-refractivity contribution in [2.75, 3.05) is 6.26 Å². The summed E-state index contributed by atoms with van der Waals surface area (Å²) in [6.07, 6.45) is 3.34. The SMILES string of the molecule is Cn1cc(Br)cc1C(=O)NNC(=O)c1cccc(C[S@@](C)=O)c1.